The maximum atomic E-state index is 10.9. The Morgan fingerprint density at radius 3 is 2.39 bits per heavy atom. The average Bonchev–Trinajstić information content (AvgIpc) is 2.73. The van der Waals surface area contributed by atoms with E-state index in [1.165, 1.54) is 0 Å². The second-order valence-electron chi connectivity index (χ2n) is 6.97. The molecule has 2 aromatic carbocycles. The Kier molecular flexibility index (Phi) is 7.14. The molecular formula is C22H29N3O3. The van der Waals surface area contributed by atoms with E-state index in [1.807, 2.05) is 42.5 Å². The molecule has 2 N–H and O–H groups in total. The highest BCUT2D eigenvalue weighted by atomic mass is 16.5. The molecule has 0 bridgehead atoms. The summed E-state index contributed by atoms with van der Waals surface area (Å²) in [5, 5.41) is 0. The van der Waals surface area contributed by atoms with Gasteiger partial charge in [0.25, 0.3) is 0 Å². The van der Waals surface area contributed by atoms with E-state index in [2.05, 4.69) is 15.9 Å². The van der Waals surface area contributed by atoms with Crippen LogP contribution in [0, 0.1) is 0 Å². The molecule has 1 aliphatic rings. The van der Waals surface area contributed by atoms with Crippen LogP contribution in [0.25, 0.3) is 0 Å². The van der Waals surface area contributed by atoms with Gasteiger partial charge >= 0.3 is 0 Å². The fourth-order valence-corrected chi connectivity index (χ4v) is 3.51. The van der Waals surface area contributed by atoms with E-state index in [0.717, 1.165) is 61.9 Å². The van der Waals surface area contributed by atoms with E-state index < -0.39 is 0 Å². The number of ether oxygens (including phenoxy) is 2. The monoisotopic (exact) mass is 383 g/mol. The molecule has 150 valence electrons. The summed E-state index contributed by atoms with van der Waals surface area (Å²) in [7, 11) is 1.68. The van der Waals surface area contributed by atoms with Crippen LogP contribution in [-0.4, -0.2) is 50.6 Å². The lowest BCUT2D eigenvalue weighted by molar-refractivity contribution is -0.118. The minimum Gasteiger partial charge on any atom is -0.496 e. The molecule has 6 heteroatoms. The van der Waals surface area contributed by atoms with Gasteiger partial charge in [0, 0.05) is 38.2 Å². The van der Waals surface area contributed by atoms with Gasteiger partial charge in [-0.2, -0.15) is 0 Å². The molecule has 0 unspecified atom stereocenters. The molecule has 1 fully saturated rings. The van der Waals surface area contributed by atoms with E-state index in [4.69, 9.17) is 15.2 Å². The number of hydrogen-bond acceptors (Lipinski definition) is 5. The topological polar surface area (TPSA) is 68.0 Å². The number of piperazine rings is 1. The number of nitrogens with two attached hydrogens (primary N) is 1. The zero-order valence-corrected chi connectivity index (χ0v) is 16.5. The van der Waals surface area contributed by atoms with Crippen molar-refractivity contribution in [2.45, 2.75) is 19.4 Å². The maximum Gasteiger partial charge on any atom is 0.217 e. The molecule has 3 rings (SSSR count). The standard InChI is InChI=1S/C22H29N3O3/c1-27-20-9-4-2-7-18(20)17-28-21-10-5-3-8-19(21)25-15-13-24(14-16-25)12-6-11-22(23)26/h2-5,7-10H,6,11-17H2,1H3,(H2,23,26). The zero-order chi connectivity index (χ0) is 19.8. The van der Waals surface area contributed by atoms with Crippen LogP contribution in [0.3, 0.4) is 0 Å². The first-order chi connectivity index (χ1) is 13.7. The number of benzene rings is 2. The van der Waals surface area contributed by atoms with Crippen molar-refractivity contribution in [1.82, 2.24) is 4.90 Å². The van der Waals surface area contributed by atoms with Gasteiger partial charge in [0.1, 0.15) is 18.1 Å². The van der Waals surface area contributed by atoms with Crippen LogP contribution in [0.4, 0.5) is 5.69 Å². The number of nitrogens with zero attached hydrogens (tertiary/aromatic N) is 2. The molecule has 1 aliphatic heterocycles. The molecule has 0 aliphatic carbocycles. The van der Waals surface area contributed by atoms with Gasteiger partial charge in [0.2, 0.25) is 5.91 Å². The van der Waals surface area contributed by atoms with E-state index in [-0.39, 0.29) is 5.91 Å². The summed E-state index contributed by atoms with van der Waals surface area (Å²) < 4.78 is 11.6. The first kappa shape index (κ1) is 20.0. The van der Waals surface area contributed by atoms with Crippen molar-refractivity contribution in [3.63, 3.8) is 0 Å². The third-order valence-electron chi connectivity index (χ3n) is 5.05. The maximum absolute atomic E-state index is 10.9. The van der Waals surface area contributed by atoms with E-state index in [9.17, 15) is 4.79 Å². The summed E-state index contributed by atoms with van der Waals surface area (Å²) in [5.74, 6) is 1.50. The Balaban J connectivity index is 1.58. The Hall–Kier alpha value is -2.73. The lowest BCUT2D eigenvalue weighted by Crippen LogP contribution is -2.46. The van der Waals surface area contributed by atoms with Gasteiger partial charge in [0.15, 0.2) is 0 Å². The van der Waals surface area contributed by atoms with Crippen LogP contribution in [0.15, 0.2) is 48.5 Å². The summed E-state index contributed by atoms with van der Waals surface area (Å²) in [6.45, 7) is 5.20. The second kappa shape index (κ2) is 9.99. The highest BCUT2D eigenvalue weighted by Gasteiger charge is 2.19. The number of para-hydroxylation sites is 3. The van der Waals surface area contributed by atoms with Gasteiger partial charge in [0.05, 0.1) is 12.8 Å². The Morgan fingerprint density at radius 2 is 1.68 bits per heavy atom. The molecule has 1 saturated heterocycles. The Labute approximate surface area is 166 Å². The highest BCUT2D eigenvalue weighted by molar-refractivity contribution is 5.73. The van der Waals surface area contributed by atoms with Crippen LogP contribution in [-0.2, 0) is 11.4 Å². The molecule has 0 saturated carbocycles. The van der Waals surface area contributed by atoms with Crippen LogP contribution < -0.4 is 20.1 Å². The smallest absolute Gasteiger partial charge is 0.217 e. The molecule has 1 heterocycles. The van der Waals surface area contributed by atoms with Gasteiger partial charge in [-0.15, -0.1) is 0 Å². The van der Waals surface area contributed by atoms with E-state index in [1.54, 1.807) is 7.11 Å². The van der Waals surface area contributed by atoms with E-state index in [0.29, 0.717) is 13.0 Å². The highest BCUT2D eigenvalue weighted by Crippen LogP contribution is 2.30. The van der Waals surface area contributed by atoms with E-state index >= 15 is 0 Å². The lowest BCUT2D eigenvalue weighted by atomic mass is 10.2. The summed E-state index contributed by atoms with van der Waals surface area (Å²) >= 11 is 0. The third kappa shape index (κ3) is 5.39. The number of carbonyl (C=O) groups excluding carboxylic acids is 1. The number of carbonyl (C=O) groups is 1. The molecule has 1 amide bonds. The average molecular weight is 383 g/mol. The minimum absolute atomic E-state index is 0.222. The molecule has 0 spiro atoms. The van der Waals surface area contributed by atoms with Crippen molar-refractivity contribution >= 4 is 11.6 Å². The third-order valence-corrected chi connectivity index (χ3v) is 5.05. The van der Waals surface area contributed by atoms with Crippen molar-refractivity contribution in [3.8, 4) is 11.5 Å². The van der Waals surface area contributed by atoms with Gasteiger partial charge in [-0.05, 0) is 31.2 Å². The number of rotatable bonds is 9. The van der Waals surface area contributed by atoms with Crippen molar-refractivity contribution in [3.05, 3.63) is 54.1 Å². The molecule has 6 nitrogen and oxygen atoms in total. The van der Waals surface area contributed by atoms with Gasteiger partial charge in [-0.25, -0.2) is 0 Å². The largest absolute Gasteiger partial charge is 0.496 e. The van der Waals surface area contributed by atoms with Crippen molar-refractivity contribution in [2.75, 3.05) is 44.7 Å². The first-order valence-corrected chi connectivity index (χ1v) is 9.76. The normalized spacial score (nSPS) is 14.7. The minimum atomic E-state index is -0.222. The number of anilines is 1. The quantitative estimate of drug-likeness (QED) is 0.721. The molecule has 2 aromatic rings. The molecule has 0 aromatic heterocycles. The van der Waals surface area contributed by atoms with Gasteiger partial charge in [-0.3, -0.25) is 9.69 Å². The SMILES string of the molecule is COc1ccccc1COc1ccccc1N1CCN(CCCC(N)=O)CC1. The van der Waals surface area contributed by atoms with Crippen LogP contribution >= 0.6 is 0 Å². The summed E-state index contributed by atoms with van der Waals surface area (Å²) in [4.78, 5) is 15.6. The van der Waals surface area contributed by atoms with Gasteiger partial charge in [-0.1, -0.05) is 30.3 Å². The molecule has 0 atom stereocenters. The number of methoxy groups -OCH3 is 1. The van der Waals surface area contributed by atoms with Crippen LogP contribution in [0.1, 0.15) is 18.4 Å². The molecular weight excluding hydrogens is 354 g/mol. The summed E-state index contributed by atoms with van der Waals surface area (Å²) in [6, 6.07) is 16.1. The fourth-order valence-electron chi connectivity index (χ4n) is 3.51. The van der Waals surface area contributed by atoms with Crippen LogP contribution in [0.5, 0.6) is 11.5 Å². The Morgan fingerprint density at radius 1 is 1.00 bits per heavy atom. The predicted octanol–water partition coefficient (Wildman–Crippen LogP) is 2.66. The summed E-state index contributed by atoms with van der Waals surface area (Å²) in [6.07, 6.45) is 1.29. The van der Waals surface area contributed by atoms with Crippen molar-refractivity contribution in [2.24, 2.45) is 5.73 Å². The summed E-state index contributed by atoms with van der Waals surface area (Å²) in [5.41, 5.74) is 7.37. The van der Waals surface area contributed by atoms with Crippen LogP contribution in [0.2, 0.25) is 0 Å². The number of primary amides is 1. The molecule has 28 heavy (non-hydrogen) atoms. The lowest BCUT2D eigenvalue weighted by Gasteiger charge is -2.36. The van der Waals surface area contributed by atoms with Gasteiger partial charge < -0.3 is 20.1 Å². The number of amides is 1. The Bertz CT molecular complexity index is 773. The predicted molar refractivity (Wildman–Crippen MR) is 111 cm³/mol. The fraction of sp³-hybridized carbons (Fsp3) is 0.409. The molecule has 0 radical (unpaired) electrons. The van der Waals surface area contributed by atoms with Crippen molar-refractivity contribution < 1.29 is 14.3 Å². The van der Waals surface area contributed by atoms with Crippen molar-refractivity contribution in [1.29, 1.82) is 0 Å². The number of hydrogen-bond donors (Lipinski definition) is 1. The second-order valence-corrected chi connectivity index (χ2v) is 6.97. The zero-order valence-electron chi connectivity index (χ0n) is 16.5. The first-order valence-electron chi connectivity index (χ1n) is 9.76.